The Labute approximate surface area is 124 Å². The molecular formula is C18H30N2. The third-order valence-electron chi connectivity index (χ3n) is 4.86. The zero-order chi connectivity index (χ0) is 14.7. The SMILES string of the molecule is CNC(CN1CC(C)C(C)C1)c1ccc(C(C)C)cc1. The Morgan fingerprint density at radius 1 is 1.05 bits per heavy atom. The Kier molecular flexibility index (Phi) is 5.22. The van der Waals surface area contributed by atoms with Gasteiger partial charge in [0, 0.05) is 25.7 Å². The topological polar surface area (TPSA) is 15.3 Å². The summed E-state index contributed by atoms with van der Waals surface area (Å²) in [7, 11) is 2.07. The summed E-state index contributed by atoms with van der Waals surface area (Å²) < 4.78 is 0. The van der Waals surface area contributed by atoms with Gasteiger partial charge < -0.3 is 10.2 Å². The molecule has 1 aliphatic rings. The van der Waals surface area contributed by atoms with Crippen LogP contribution in [0.4, 0.5) is 0 Å². The first-order valence-corrected chi connectivity index (χ1v) is 8.00. The molecule has 0 saturated carbocycles. The standard InChI is InChI=1S/C18H30N2/c1-13(2)16-6-8-17(9-7-16)18(19-5)12-20-10-14(3)15(4)11-20/h6-9,13-15,18-19H,10-12H2,1-5H3. The zero-order valence-electron chi connectivity index (χ0n) is 13.7. The van der Waals surface area contributed by atoms with E-state index in [2.05, 4.69) is 69.2 Å². The van der Waals surface area contributed by atoms with Gasteiger partial charge in [-0.3, -0.25) is 0 Å². The first kappa shape index (κ1) is 15.5. The van der Waals surface area contributed by atoms with Gasteiger partial charge in [-0.15, -0.1) is 0 Å². The summed E-state index contributed by atoms with van der Waals surface area (Å²) in [5.41, 5.74) is 2.83. The molecule has 1 aromatic rings. The van der Waals surface area contributed by atoms with Gasteiger partial charge in [-0.1, -0.05) is 52.0 Å². The van der Waals surface area contributed by atoms with E-state index in [1.807, 2.05) is 0 Å². The Balaban J connectivity index is 2.01. The van der Waals surface area contributed by atoms with Crippen molar-refractivity contribution in [3.8, 4) is 0 Å². The number of likely N-dealkylation sites (tertiary alicyclic amines) is 1. The maximum absolute atomic E-state index is 3.48. The first-order chi connectivity index (χ1) is 9.51. The lowest BCUT2D eigenvalue weighted by molar-refractivity contribution is 0.287. The van der Waals surface area contributed by atoms with E-state index in [4.69, 9.17) is 0 Å². The Hall–Kier alpha value is -0.860. The van der Waals surface area contributed by atoms with Crippen molar-refractivity contribution in [2.45, 2.75) is 39.7 Å². The molecule has 1 heterocycles. The van der Waals surface area contributed by atoms with Gasteiger partial charge in [0.25, 0.3) is 0 Å². The smallest absolute Gasteiger partial charge is 0.0446 e. The minimum atomic E-state index is 0.439. The summed E-state index contributed by atoms with van der Waals surface area (Å²) in [6.07, 6.45) is 0. The zero-order valence-corrected chi connectivity index (χ0v) is 13.7. The van der Waals surface area contributed by atoms with Crippen molar-refractivity contribution in [2.75, 3.05) is 26.7 Å². The largest absolute Gasteiger partial charge is 0.312 e. The molecule has 2 heteroatoms. The summed E-state index contributed by atoms with van der Waals surface area (Å²) >= 11 is 0. The Morgan fingerprint density at radius 2 is 1.55 bits per heavy atom. The van der Waals surface area contributed by atoms with E-state index < -0.39 is 0 Å². The predicted octanol–water partition coefficient (Wildman–Crippen LogP) is 3.66. The average molecular weight is 274 g/mol. The van der Waals surface area contributed by atoms with Crippen molar-refractivity contribution >= 4 is 0 Å². The molecule has 1 aromatic carbocycles. The van der Waals surface area contributed by atoms with Crippen LogP contribution in [0.3, 0.4) is 0 Å². The summed E-state index contributed by atoms with van der Waals surface area (Å²) in [4.78, 5) is 2.60. The molecule has 0 bridgehead atoms. The summed E-state index contributed by atoms with van der Waals surface area (Å²) in [5, 5.41) is 3.48. The summed E-state index contributed by atoms with van der Waals surface area (Å²) in [6, 6.07) is 9.58. The van der Waals surface area contributed by atoms with Crippen LogP contribution >= 0.6 is 0 Å². The van der Waals surface area contributed by atoms with Crippen molar-refractivity contribution in [1.82, 2.24) is 10.2 Å². The number of rotatable bonds is 5. The molecular weight excluding hydrogens is 244 g/mol. The third kappa shape index (κ3) is 3.62. The molecule has 0 aromatic heterocycles. The lowest BCUT2D eigenvalue weighted by Crippen LogP contribution is -2.32. The molecule has 2 rings (SSSR count). The fourth-order valence-electron chi connectivity index (χ4n) is 3.13. The van der Waals surface area contributed by atoms with E-state index in [0.717, 1.165) is 18.4 Å². The number of hydrogen-bond acceptors (Lipinski definition) is 2. The lowest BCUT2D eigenvalue weighted by atomic mass is 9.99. The number of hydrogen-bond donors (Lipinski definition) is 1. The van der Waals surface area contributed by atoms with Crippen LogP contribution in [0.2, 0.25) is 0 Å². The van der Waals surface area contributed by atoms with Crippen LogP contribution < -0.4 is 5.32 Å². The van der Waals surface area contributed by atoms with Crippen molar-refractivity contribution in [3.63, 3.8) is 0 Å². The van der Waals surface area contributed by atoms with Crippen LogP contribution in [0.1, 0.15) is 50.8 Å². The highest BCUT2D eigenvalue weighted by Crippen LogP contribution is 2.25. The van der Waals surface area contributed by atoms with Gasteiger partial charge in [0.15, 0.2) is 0 Å². The van der Waals surface area contributed by atoms with Crippen LogP contribution in [0.25, 0.3) is 0 Å². The average Bonchev–Trinajstić information content (AvgIpc) is 2.75. The second-order valence-corrected chi connectivity index (χ2v) is 6.84. The first-order valence-electron chi connectivity index (χ1n) is 8.00. The number of nitrogens with one attached hydrogen (secondary N) is 1. The van der Waals surface area contributed by atoms with Crippen LogP contribution in [-0.2, 0) is 0 Å². The van der Waals surface area contributed by atoms with Crippen molar-refractivity contribution in [1.29, 1.82) is 0 Å². The van der Waals surface area contributed by atoms with Crippen LogP contribution in [-0.4, -0.2) is 31.6 Å². The van der Waals surface area contributed by atoms with Gasteiger partial charge in [0.05, 0.1) is 0 Å². The minimum absolute atomic E-state index is 0.439. The number of benzene rings is 1. The Bertz CT molecular complexity index is 400. The van der Waals surface area contributed by atoms with E-state index in [0.29, 0.717) is 12.0 Å². The molecule has 0 aliphatic carbocycles. The van der Waals surface area contributed by atoms with E-state index in [-0.39, 0.29) is 0 Å². The molecule has 1 aliphatic heterocycles. The van der Waals surface area contributed by atoms with E-state index in [1.165, 1.54) is 24.2 Å². The maximum atomic E-state index is 3.48. The van der Waals surface area contributed by atoms with Gasteiger partial charge in [0.1, 0.15) is 0 Å². The van der Waals surface area contributed by atoms with Gasteiger partial charge >= 0.3 is 0 Å². The molecule has 3 unspecified atom stereocenters. The van der Waals surface area contributed by atoms with Crippen molar-refractivity contribution in [2.24, 2.45) is 11.8 Å². The molecule has 20 heavy (non-hydrogen) atoms. The molecule has 112 valence electrons. The van der Waals surface area contributed by atoms with Gasteiger partial charge in [0.2, 0.25) is 0 Å². The van der Waals surface area contributed by atoms with E-state index in [1.54, 1.807) is 0 Å². The molecule has 3 atom stereocenters. The van der Waals surface area contributed by atoms with Gasteiger partial charge in [-0.2, -0.15) is 0 Å². The van der Waals surface area contributed by atoms with Crippen LogP contribution in [0.15, 0.2) is 24.3 Å². The molecule has 1 N–H and O–H groups in total. The monoisotopic (exact) mass is 274 g/mol. The second-order valence-electron chi connectivity index (χ2n) is 6.84. The lowest BCUT2D eigenvalue weighted by Gasteiger charge is -2.24. The predicted molar refractivity (Wildman–Crippen MR) is 87.1 cm³/mol. The highest BCUT2D eigenvalue weighted by molar-refractivity contribution is 5.27. The minimum Gasteiger partial charge on any atom is -0.312 e. The van der Waals surface area contributed by atoms with Crippen LogP contribution in [0, 0.1) is 11.8 Å². The molecule has 0 amide bonds. The second kappa shape index (κ2) is 6.73. The van der Waals surface area contributed by atoms with Gasteiger partial charge in [-0.05, 0) is 35.9 Å². The quantitative estimate of drug-likeness (QED) is 0.881. The third-order valence-corrected chi connectivity index (χ3v) is 4.86. The normalized spacial score (nSPS) is 25.3. The van der Waals surface area contributed by atoms with E-state index in [9.17, 15) is 0 Å². The molecule has 0 radical (unpaired) electrons. The summed E-state index contributed by atoms with van der Waals surface area (Å²) in [5.74, 6) is 2.27. The molecule has 0 spiro atoms. The fraction of sp³-hybridized carbons (Fsp3) is 0.667. The molecule has 1 fully saturated rings. The van der Waals surface area contributed by atoms with Crippen molar-refractivity contribution in [3.05, 3.63) is 35.4 Å². The highest BCUT2D eigenvalue weighted by atomic mass is 15.2. The Morgan fingerprint density at radius 3 is 2.00 bits per heavy atom. The highest BCUT2D eigenvalue weighted by Gasteiger charge is 2.27. The molecule has 1 saturated heterocycles. The molecule has 2 nitrogen and oxygen atoms in total. The summed E-state index contributed by atoms with van der Waals surface area (Å²) in [6.45, 7) is 12.8. The van der Waals surface area contributed by atoms with Crippen LogP contribution in [0.5, 0.6) is 0 Å². The van der Waals surface area contributed by atoms with Gasteiger partial charge in [-0.25, -0.2) is 0 Å². The number of likely N-dealkylation sites (N-methyl/N-ethyl adjacent to an activating group) is 1. The fourth-order valence-corrected chi connectivity index (χ4v) is 3.13. The van der Waals surface area contributed by atoms with E-state index >= 15 is 0 Å². The van der Waals surface area contributed by atoms with Crippen molar-refractivity contribution < 1.29 is 0 Å². The maximum Gasteiger partial charge on any atom is 0.0446 e. The number of nitrogens with zero attached hydrogens (tertiary/aromatic N) is 1.